The molecule has 0 N–H and O–H groups in total. The van der Waals surface area contributed by atoms with Crippen LogP contribution in [-0.4, -0.2) is 25.8 Å². The van der Waals surface area contributed by atoms with Gasteiger partial charge in [-0.3, -0.25) is 4.90 Å². The van der Waals surface area contributed by atoms with Gasteiger partial charge in [0, 0.05) is 0 Å². The Morgan fingerprint density at radius 3 is 2.33 bits per heavy atom. The zero-order chi connectivity index (χ0) is 9.30. The Hall–Kier alpha value is -1.19. The highest BCUT2D eigenvalue weighted by Gasteiger charge is 2.18. The summed E-state index contributed by atoms with van der Waals surface area (Å²) < 4.78 is 9.20. The van der Waals surface area contributed by atoms with Gasteiger partial charge >= 0.3 is 5.95 Å². The van der Waals surface area contributed by atoms with E-state index in [-0.39, 0.29) is 0 Å². The highest BCUT2D eigenvalue weighted by Crippen LogP contribution is 2.14. The van der Waals surface area contributed by atoms with Crippen LogP contribution in [0.3, 0.4) is 0 Å². The summed E-state index contributed by atoms with van der Waals surface area (Å²) in [6.07, 6.45) is 1.95. The Balaban J connectivity index is 3.19. The fraction of sp³-hybridized carbons (Fsp3) is 0.625. The second-order valence-electron chi connectivity index (χ2n) is 3.04. The van der Waals surface area contributed by atoms with E-state index in [0.717, 1.165) is 11.8 Å². The van der Waals surface area contributed by atoms with Crippen molar-refractivity contribution >= 4 is 5.95 Å². The van der Waals surface area contributed by atoms with E-state index in [0.29, 0.717) is 0 Å². The molecule has 0 aliphatic carbocycles. The van der Waals surface area contributed by atoms with Crippen molar-refractivity contribution in [2.24, 2.45) is 14.1 Å². The van der Waals surface area contributed by atoms with Gasteiger partial charge in [0.15, 0.2) is 0 Å². The van der Waals surface area contributed by atoms with E-state index >= 15 is 0 Å². The van der Waals surface area contributed by atoms with Gasteiger partial charge in [0.2, 0.25) is 0 Å². The number of imidazole rings is 1. The van der Waals surface area contributed by atoms with Crippen molar-refractivity contribution in [3.63, 3.8) is 0 Å². The standard InChI is InChI=1S/C8H16N3O/c1-9(2)8-10(3)6-7(12-5)11(8)4/h6H,1-5H3/q+1. The minimum atomic E-state index is 0.862. The van der Waals surface area contributed by atoms with E-state index in [1.165, 1.54) is 0 Å². The molecule has 12 heavy (non-hydrogen) atoms. The summed E-state index contributed by atoms with van der Waals surface area (Å²) in [7, 11) is 9.67. The third-order valence-corrected chi connectivity index (χ3v) is 1.86. The van der Waals surface area contributed by atoms with Crippen LogP contribution in [0.5, 0.6) is 5.88 Å². The average molecular weight is 170 g/mol. The van der Waals surface area contributed by atoms with Gasteiger partial charge in [0.25, 0.3) is 5.88 Å². The van der Waals surface area contributed by atoms with Crippen LogP contribution >= 0.6 is 0 Å². The largest absolute Gasteiger partial charge is 0.469 e. The summed E-state index contributed by atoms with van der Waals surface area (Å²) in [4.78, 5) is 2.04. The number of ether oxygens (including phenoxy) is 1. The summed E-state index contributed by atoms with van der Waals surface area (Å²) in [5.41, 5.74) is 0. The normalized spacial score (nSPS) is 10.1. The number of rotatable bonds is 2. The van der Waals surface area contributed by atoms with Gasteiger partial charge in [0.1, 0.15) is 6.20 Å². The Labute approximate surface area is 73.0 Å². The predicted octanol–water partition coefficient (Wildman–Crippen LogP) is -0.0758. The second-order valence-corrected chi connectivity index (χ2v) is 3.04. The van der Waals surface area contributed by atoms with Crippen molar-refractivity contribution in [1.82, 2.24) is 4.57 Å². The van der Waals surface area contributed by atoms with Crippen LogP contribution in [-0.2, 0) is 14.1 Å². The monoisotopic (exact) mass is 170 g/mol. The molecule has 1 aromatic heterocycles. The van der Waals surface area contributed by atoms with Crippen molar-refractivity contribution in [3.05, 3.63) is 6.20 Å². The van der Waals surface area contributed by atoms with Crippen LogP contribution in [0.1, 0.15) is 0 Å². The third kappa shape index (κ3) is 1.24. The molecule has 0 bridgehead atoms. The summed E-state index contributed by atoms with van der Waals surface area (Å²) >= 11 is 0. The molecule has 0 amide bonds. The minimum Gasteiger partial charge on any atom is -0.469 e. The Morgan fingerprint density at radius 2 is 2.08 bits per heavy atom. The molecule has 4 heteroatoms. The first-order valence-electron chi connectivity index (χ1n) is 3.84. The molecule has 4 nitrogen and oxygen atoms in total. The lowest BCUT2D eigenvalue weighted by Gasteiger charge is -2.05. The maximum Gasteiger partial charge on any atom is 0.361 e. The molecule has 0 aromatic carbocycles. The first-order chi connectivity index (χ1) is 5.57. The van der Waals surface area contributed by atoms with E-state index in [2.05, 4.69) is 0 Å². The zero-order valence-corrected chi connectivity index (χ0v) is 8.33. The fourth-order valence-corrected chi connectivity index (χ4v) is 1.45. The lowest BCUT2D eigenvalue weighted by Crippen LogP contribution is -2.34. The number of aryl methyl sites for hydroxylation is 1. The Morgan fingerprint density at radius 1 is 1.50 bits per heavy atom. The van der Waals surface area contributed by atoms with E-state index in [9.17, 15) is 0 Å². The van der Waals surface area contributed by atoms with Crippen LogP contribution in [0, 0.1) is 0 Å². The van der Waals surface area contributed by atoms with Crippen LogP contribution < -0.4 is 14.2 Å². The molecule has 0 atom stereocenters. The maximum atomic E-state index is 5.17. The van der Waals surface area contributed by atoms with Crippen LogP contribution in [0.4, 0.5) is 5.95 Å². The number of anilines is 1. The van der Waals surface area contributed by atoms with Crippen molar-refractivity contribution in [1.29, 1.82) is 0 Å². The fourth-order valence-electron chi connectivity index (χ4n) is 1.45. The molecule has 1 rings (SSSR count). The minimum absolute atomic E-state index is 0.862. The van der Waals surface area contributed by atoms with Gasteiger partial charge in [0.05, 0.1) is 35.3 Å². The number of hydrogen-bond donors (Lipinski definition) is 0. The molecule has 0 aliphatic rings. The van der Waals surface area contributed by atoms with Crippen molar-refractivity contribution < 1.29 is 9.30 Å². The molecule has 68 valence electrons. The molecule has 0 unspecified atom stereocenters. The third-order valence-electron chi connectivity index (χ3n) is 1.86. The number of nitrogens with zero attached hydrogens (tertiary/aromatic N) is 3. The summed E-state index contributed by atoms with van der Waals surface area (Å²) in [6, 6.07) is 0. The number of aromatic nitrogens is 2. The molecule has 0 spiro atoms. The quantitative estimate of drug-likeness (QED) is 0.579. The number of hydrogen-bond acceptors (Lipinski definition) is 2. The van der Waals surface area contributed by atoms with Gasteiger partial charge in [-0.05, 0) is 0 Å². The van der Waals surface area contributed by atoms with Gasteiger partial charge in [-0.1, -0.05) is 0 Å². The molecule has 0 fully saturated rings. The van der Waals surface area contributed by atoms with Crippen molar-refractivity contribution in [2.45, 2.75) is 0 Å². The summed E-state index contributed by atoms with van der Waals surface area (Å²) in [6.45, 7) is 0. The SMILES string of the molecule is COc1c[n+](C)c(N(C)C)n1C. The first kappa shape index (κ1) is 8.90. The maximum absolute atomic E-state index is 5.17. The number of methoxy groups -OCH3 is 1. The van der Waals surface area contributed by atoms with Gasteiger partial charge < -0.3 is 4.74 Å². The lowest BCUT2D eigenvalue weighted by molar-refractivity contribution is -0.657. The molecule has 0 saturated carbocycles. The van der Waals surface area contributed by atoms with Crippen LogP contribution in [0.25, 0.3) is 0 Å². The van der Waals surface area contributed by atoms with Crippen molar-refractivity contribution in [3.8, 4) is 5.88 Å². The molecule has 1 aromatic rings. The highest BCUT2D eigenvalue weighted by atomic mass is 16.5. The molecule has 0 radical (unpaired) electrons. The van der Waals surface area contributed by atoms with Gasteiger partial charge in [-0.15, -0.1) is 0 Å². The lowest BCUT2D eigenvalue weighted by atomic mass is 10.8. The molecule has 0 saturated heterocycles. The Kier molecular flexibility index (Phi) is 2.26. The second kappa shape index (κ2) is 3.05. The van der Waals surface area contributed by atoms with E-state index in [1.54, 1.807) is 7.11 Å². The molecular formula is C8H16N3O+. The van der Waals surface area contributed by atoms with E-state index < -0.39 is 0 Å². The molecule has 0 aliphatic heterocycles. The first-order valence-corrected chi connectivity index (χ1v) is 3.84. The van der Waals surface area contributed by atoms with Crippen LogP contribution in [0.15, 0.2) is 6.20 Å². The summed E-state index contributed by atoms with van der Waals surface area (Å²) in [5.74, 6) is 1.97. The highest BCUT2D eigenvalue weighted by molar-refractivity contribution is 5.26. The molecule has 1 heterocycles. The average Bonchev–Trinajstić information content (AvgIpc) is 2.25. The smallest absolute Gasteiger partial charge is 0.361 e. The van der Waals surface area contributed by atoms with E-state index in [4.69, 9.17) is 4.74 Å². The zero-order valence-electron chi connectivity index (χ0n) is 8.33. The topological polar surface area (TPSA) is 21.3 Å². The van der Waals surface area contributed by atoms with Crippen LogP contribution in [0.2, 0.25) is 0 Å². The Bertz CT molecular complexity index is 278. The summed E-state index contributed by atoms with van der Waals surface area (Å²) in [5, 5.41) is 0. The molecular weight excluding hydrogens is 154 g/mol. The van der Waals surface area contributed by atoms with E-state index in [1.807, 2.05) is 48.4 Å². The van der Waals surface area contributed by atoms with Crippen molar-refractivity contribution in [2.75, 3.05) is 26.1 Å². The van der Waals surface area contributed by atoms with Gasteiger partial charge in [-0.25, -0.2) is 9.13 Å². The predicted molar refractivity (Wildman–Crippen MR) is 47.5 cm³/mol. The van der Waals surface area contributed by atoms with Gasteiger partial charge in [-0.2, -0.15) is 0 Å².